The molecule has 1 saturated carbocycles. The van der Waals surface area contributed by atoms with Gasteiger partial charge in [0.15, 0.2) is 14.6 Å². The molecule has 0 heterocycles. The molecule has 2 aromatic rings. The third-order valence-electron chi connectivity index (χ3n) is 3.94. The number of benzene rings is 2. The quantitative estimate of drug-likeness (QED) is 0.788. The van der Waals surface area contributed by atoms with Crippen LogP contribution in [0.5, 0.6) is 0 Å². The van der Waals surface area contributed by atoms with Crippen molar-refractivity contribution in [3.63, 3.8) is 0 Å². The van der Waals surface area contributed by atoms with E-state index in [0.717, 1.165) is 0 Å². The predicted octanol–water partition coefficient (Wildman–Crippen LogP) is 4.19. The molecule has 1 N–H and O–H groups in total. The van der Waals surface area contributed by atoms with Crippen LogP contribution in [0.3, 0.4) is 0 Å². The summed E-state index contributed by atoms with van der Waals surface area (Å²) in [7, 11) is -3.89. The lowest BCUT2D eigenvalue weighted by atomic mass is 10.3. The van der Waals surface area contributed by atoms with E-state index in [2.05, 4.69) is 21.2 Å². The molecule has 24 heavy (non-hydrogen) atoms. The first-order chi connectivity index (χ1) is 11.3. The van der Waals surface area contributed by atoms with Gasteiger partial charge in [0.2, 0.25) is 5.91 Å². The van der Waals surface area contributed by atoms with Crippen molar-refractivity contribution in [2.45, 2.75) is 22.5 Å². The maximum Gasteiger partial charge on any atom is 0.246 e. The first kappa shape index (κ1) is 17.4. The van der Waals surface area contributed by atoms with Crippen LogP contribution in [0.15, 0.2) is 51.8 Å². The molecule has 4 nitrogen and oxygen atoms in total. The summed E-state index contributed by atoms with van der Waals surface area (Å²) < 4.78 is 38.4. The molecule has 8 heteroatoms. The van der Waals surface area contributed by atoms with Crippen molar-refractivity contribution in [3.05, 3.63) is 57.8 Å². The summed E-state index contributed by atoms with van der Waals surface area (Å²) in [6.45, 7) is 0. The number of hydrogen-bond acceptors (Lipinski definition) is 3. The Morgan fingerprint density at radius 2 is 1.79 bits per heavy atom. The second-order valence-electron chi connectivity index (χ2n) is 5.53. The summed E-state index contributed by atoms with van der Waals surface area (Å²) in [6.07, 6.45) is 0.393. The monoisotopic (exact) mass is 431 g/mol. The highest BCUT2D eigenvalue weighted by Gasteiger charge is 2.61. The minimum absolute atomic E-state index is 0.0239. The van der Waals surface area contributed by atoms with Gasteiger partial charge in [0.1, 0.15) is 5.82 Å². The highest BCUT2D eigenvalue weighted by molar-refractivity contribution is 9.10. The third kappa shape index (κ3) is 2.96. The van der Waals surface area contributed by atoms with Gasteiger partial charge in [-0.1, -0.05) is 27.5 Å². The third-order valence-corrected chi connectivity index (χ3v) is 7.20. The highest BCUT2D eigenvalue weighted by atomic mass is 79.9. The Kier molecular flexibility index (Phi) is 4.44. The summed E-state index contributed by atoms with van der Waals surface area (Å²) >= 11 is 8.90. The molecule has 0 spiro atoms. The summed E-state index contributed by atoms with van der Waals surface area (Å²) in [5.74, 6) is -1.36. The van der Waals surface area contributed by atoms with Gasteiger partial charge in [0.05, 0.1) is 10.6 Å². The molecule has 1 amide bonds. The topological polar surface area (TPSA) is 63.2 Å². The fraction of sp³-hybridized carbons (Fsp3) is 0.188. The number of hydrogen-bond donors (Lipinski definition) is 1. The van der Waals surface area contributed by atoms with E-state index < -0.39 is 26.3 Å². The first-order valence-corrected chi connectivity index (χ1v) is 9.68. The zero-order valence-corrected chi connectivity index (χ0v) is 15.4. The Morgan fingerprint density at radius 1 is 1.17 bits per heavy atom. The molecule has 1 aliphatic rings. The van der Waals surface area contributed by atoms with Gasteiger partial charge in [0.25, 0.3) is 0 Å². The molecule has 0 unspecified atom stereocenters. The molecule has 1 fully saturated rings. The number of carbonyl (C=O) groups excluding carboxylic acids is 1. The van der Waals surface area contributed by atoms with Crippen LogP contribution in [-0.2, 0) is 14.6 Å². The first-order valence-electron chi connectivity index (χ1n) is 7.03. The van der Waals surface area contributed by atoms with Gasteiger partial charge in [-0.3, -0.25) is 4.79 Å². The van der Waals surface area contributed by atoms with Crippen LogP contribution in [0.1, 0.15) is 12.8 Å². The predicted molar refractivity (Wildman–Crippen MR) is 93.3 cm³/mol. The van der Waals surface area contributed by atoms with E-state index in [1.54, 1.807) is 6.07 Å². The zero-order chi connectivity index (χ0) is 17.5. The maximum atomic E-state index is 13.9. The van der Waals surface area contributed by atoms with Gasteiger partial charge in [0, 0.05) is 9.50 Å². The van der Waals surface area contributed by atoms with E-state index in [9.17, 15) is 17.6 Å². The molecule has 0 atom stereocenters. The van der Waals surface area contributed by atoms with Gasteiger partial charge >= 0.3 is 0 Å². The number of rotatable bonds is 4. The number of sulfone groups is 1. The molecule has 0 radical (unpaired) electrons. The van der Waals surface area contributed by atoms with Crippen molar-refractivity contribution < 1.29 is 17.6 Å². The van der Waals surface area contributed by atoms with Crippen molar-refractivity contribution in [1.29, 1.82) is 0 Å². The van der Waals surface area contributed by atoms with Crippen LogP contribution >= 0.6 is 27.5 Å². The SMILES string of the molecule is O=C(Nc1ccc(Br)cc1F)C1(S(=O)(=O)c2ccc(Cl)cc2)CC1. The molecule has 0 bridgehead atoms. The van der Waals surface area contributed by atoms with Crippen molar-refractivity contribution in [1.82, 2.24) is 0 Å². The highest BCUT2D eigenvalue weighted by Crippen LogP contribution is 2.47. The lowest BCUT2D eigenvalue weighted by Gasteiger charge is -2.17. The molecule has 1 aliphatic carbocycles. The van der Waals surface area contributed by atoms with E-state index in [1.807, 2.05) is 0 Å². The van der Waals surface area contributed by atoms with Crippen LogP contribution in [0.4, 0.5) is 10.1 Å². The van der Waals surface area contributed by atoms with Crippen molar-refractivity contribution in [2.75, 3.05) is 5.32 Å². The molecule has 0 saturated heterocycles. The van der Waals surface area contributed by atoms with E-state index in [0.29, 0.717) is 9.50 Å². The summed E-state index contributed by atoms with van der Waals surface area (Å²) in [5, 5.41) is 2.79. The molecule has 126 valence electrons. The smallest absolute Gasteiger partial charge is 0.246 e. The molecule has 0 aliphatic heterocycles. The average Bonchev–Trinajstić information content (AvgIpc) is 3.32. The van der Waals surface area contributed by atoms with Crippen LogP contribution < -0.4 is 5.32 Å². The van der Waals surface area contributed by atoms with Crippen molar-refractivity contribution in [2.24, 2.45) is 0 Å². The summed E-state index contributed by atoms with van der Waals surface area (Å²) in [6, 6.07) is 9.78. The van der Waals surface area contributed by atoms with Crippen LogP contribution in [0.2, 0.25) is 5.02 Å². The second-order valence-corrected chi connectivity index (χ2v) is 9.14. The van der Waals surface area contributed by atoms with Gasteiger partial charge in [-0.15, -0.1) is 0 Å². The van der Waals surface area contributed by atoms with Gasteiger partial charge in [-0.25, -0.2) is 12.8 Å². The normalized spacial score (nSPS) is 15.8. The number of amides is 1. The second kappa shape index (κ2) is 6.13. The molecule has 0 aromatic heterocycles. The van der Waals surface area contributed by atoms with Crippen LogP contribution in [-0.4, -0.2) is 19.1 Å². The standard InChI is InChI=1S/C16H12BrClFNO3S/c17-10-1-6-14(13(19)9-10)20-15(21)16(7-8-16)24(22,23)12-4-2-11(18)3-5-12/h1-6,9H,7-8H2,(H,20,21). The molecular weight excluding hydrogens is 421 g/mol. The van der Waals surface area contributed by atoms with Gasteiger partial charge in [-0.05, 0) is 55.3 Å². The largest absolute Gasteiger partial charge is 0.322 e. The molecular formula is C16H12BrClFNO3S. The number of halogens is 3. The number of anilines is 1. The van der Waals surface area contributed by atoms with Gasteiger partial charge in [-0.2, -0.15) is 0 Å². The van der Waals surface area contributed by atoms with E-state index in [4.69, 9.17) is 11.6 Å². The molecule has 2 aromatic carbocycles. The van der Waals surface area contributed by atoms with Crippen LogP contribution in [0.25, 0.3) is 0 Å². The van der Waals surface area contributed by atoms with Crippen LogP contribution in [0, 0.1) is 5.82 Å². The molecule has 3 rings (SSSR count). The summed E-state index contributed by atoms with van der Waals surface area (Å²) in [4.78, 5) is 12.5. The maximum absolute atomic E-state index is 13.9. The van der Waals surface area contributed by atoms with E-state index in [1.165, 1.54) is 36.4 Å². The minimum Gasteiger partial charge on any atom is -0.322 e. The number of nitrogens with one attached hydrogen (secondary N) is 1. The minimum atomic E-state index is -3.89. The zero-order valence-electron chi connectivity index (χ0n) is 12.2. The Morgan fingerprint density at radius 3 is 2.33 bits per heavy atom. The fourth-order valence-electron chi connectivity index (χ4n) is 2.40. The Balaban J connectivity index is 1.90. The Hall–Kier alpha value is -1.44. The summed E-state index contributed by atoms with van der Waals surface area (Å²) in [5.41, 5.74) is -0.0548. The Bertz CT molecular complexity index is 911. The lowest BCUT2D eigenvalue weighted by Crippen LogP contribution is -2.37. The van der Waals surface area contributed by atoms with E-state index in [-0.39, 0.29) is 23.4 Å². The van der Waals surface area contributed by atoms with E-state index >= 15 is 0 Å². The fourth-order valence-corrected chi connectivity index (χ4v) is 4.74. The van der Waals surface area contributed by atoms with Crippen molar-refractivity contribution >= 4 is 49.0 Å². The Labute approximate surface area is 152 Å². The number of carbonyl (C=O) groups is 1. The lowest BCUT2D eigenvalue weighted by molar-refractivity contribution is -0.116. The average molecular weight is 433 g/mol. The van der Waals surface area contributed by atoms with Gasteiger partial charge < -0.3 is 5.32 Å². The van der Waals surface area contributed by atoms with Crippen molar-refractivity contribution in [3.8, 4) is 0 Å².